The van der Waals surface area contributed by atoms with Crippen LogP contribution in [-0.4, -0.2) is 31.6 Å². The van der Waals surface area contributed by atoms with Crippen LogP contribution in [0.1, 0.15) is 65.2 Å². The van der Waals surface area contributed by atoms with E-state index < -0.39 is 6.16 Å². The largest absolute Gasteiger partial charge is 0.505 e. The molecule has 0 fully saturated rings. The lowest BCUT2D eigenvalue weighted by Crippen LogP contribution is -1.96. The van der Waals surface area contributed by atoms with Gasteiger partial charge >= 0.3 is 6.16 Å². The van der Waals surface area contributed by atoms with Crippen LogP contribution in [-0.2, 0) is 9.47 Å². The van der Waals surface area contributed by atoms with Crippen molar-refractivity contribution >= 4 is 6.16 Å². The summed E-state index contributed by atoms with van der Waals surface area (Å²) < 4.78 is 9.19. The summed E-state index contributed by atoms with van der Waals surface area (Å²) in [5.41, 5.74) is 0. The summed E-state index contributed by atoms with van der Waals surface area (Å²) in [6.45, 7) is 6.44. The van der Waals surface area contributed by atoms with Crippen molar-refractivity contribution < 1.29 is 19.4 Å². The Morgan fingerprint density at radius 2 is 1.28 bits per heavy atom. The van der Waals surface area contributed by atoms with E-state index in [0.717, 1.165) is 20.3 Å². The van der Waals surface area contributed by atoms with Crippen LogP contribution >= 0.6 is 0 Å². The zero-order valence-corrected chi connectivity index (χ0v) is 12.2. The van der Waals surface area contributed by atoms with Crippen LogP contribution in [0.25, 0.3) is 0 Å². The Hall–Kier alpha value is -0.770. The van der Waals surface area contributed by atoms with Gasteiger partial charge in [0.15, 0.2) is 0 Å². The molecule has 0 aliphatic carbocycles. The first-order valence-electron chi connectivity index (χ1n) is 7.03. The molecule has 0 aliphatic rings. The van der Waals surface area contributed by atoms with Gasteiger partial charge in [-0.3, -0.25) is 0 Å². The van der Waals surface area contributed by atoms with Crippen molar-refractivity contribution in [3.63, 3.8) is 0 Å². The minimum Gasteiger partial charge on any atom is -0.450 e. The molecule has 0 bridgehead atoms. The Kier molecular flexibility index (Phi) is 20.2. The van der Waals surface area contributed by atoms with Crippen LogP contribution in [0.3, 0.4) is 0 Å². The molecule has 4 nitrogen and oxygen atoms in total. The molecule has 18 heavy (non-hydrogen) atoms. The van der Waals surface area contributed by atoms with Crippen molar-refractivity contribution in [1.29, 1.82) is 0 Å². The highest BCUT2D eigenvalue weighted by atomic mass is 16.6. The lowest BCUT2D eigenvalue weighted by atomic mass is 10.2. The van der Waals surface area contributed by atoms with Gasteiger partial charge in [0, 0.05) is 13.2 Å². The first-order chi connectivity index (χ1) is 8.68. The van der Waals surface area contributed by atoms with Gasteiger partial charge in [-0.05, 0) is 12.8 Å². The molecule has 0 atom stereocenters. The number of carbonyl (C=O) groups is 1. The van der Waals surface area contributed by atoms with Gasteiger partial charge in [-0.2, -0.15) is 0 Å². The van der Waals surface area contributed by atoms with Gasteiger partial charge in [-0.1, -0.05) is 52.4 Å². The van der Waals surface area contributed by atoms with Crippen molar-refractivity contribution in [3.05, 3.63) is 0 Å². The molecular formula is C14H30O4. The average Bonchev–Trinajstić information content (AvgIpc) is 2.37. The molecule has 0 aromatic heterocycles. The summed E-state index contributed by atoms with van der Waals surface area (Å²) in [4.78, 5) is 9.15. The van der Waals surface area contributed by atoms with Crippen molar-refractivity contribution in [2.45, 2.75) is 65.2 Å². The van der Waals surface area contributed by atoms with E-state index in [2.05, 4.69) is 18.6 Å². The Bertz CT molecular complexity index is 150. The predicted molar refractivity (Wildman–Crippen MR) is 74.1 cm³/mol. The van der Waals surface area contributed by atoms with E-state index in [1.165, 1.54) is 51.4 Å². The predicted octanol–water partition coefficient (Wildman–Crippen LogP) is 4.47. The molecule has 4 heteroatoms. The lowest BCUT2D eigenvalue weighted by Gasteiger charge is -2.03. The minimum absolute atomic E-state index is 0.978. The molecule has 0 amide bonds. The van der Waals surface area contributed by atoms with Crippen LogP contribution in [0, 0.1) is 0 Å². The van der Waals surface area contributed by atoms with Crippen LogP contribution in [0.15, 0.2) is 0 Å². The van der Waals surface area contributed by atoms with Crippen molar-refractivity contribution in [1.82, 2.24) is 0 Å². The van der Waals surface area contributed by atoms with Crippen LogP contribution in [0.5, 0.6) is 0 Å². The van der Waals surface area contributed by atoms with Gasteiger partial charge < -0.3 is 14.6 Å². The molecule has 0 rings (SSSR count). The maximum atomic E-state index is 9.15. The highest BCUT2D eigenvalue weighted by molar-refractivity contribution is 5.56. The summed E-state index contributed by atoms with van der Waals surface area (Å²) in [5, 5.41) is 7.50. The van der Waals surface area contributed by atoms with Gasteiger partial charge in [-0.25, -0.2) is 4.79 Å². The molecule has 0 saturated heterocycles. The monoisotopic (exact) mass is 262 g/mol. The van der Waals surface area contributed by atoms with Crippen LogP contribution in [0.2, 0.25) is 0 Å². The van der Waals surface area contributed by atoms with Crippen molar-refractivity contribution in [3.8, 4) is 0 Å². The summed E-state index contributed by atoms with van der Waals surface area (Å²) in [6, 6.07) is 0. The van der Waals surface area contributed by atoms with E-state index in [9.17, 15) is 0 Å². The van der Waals surface area contributed by atoms with Crippen LogP contribution in [0.4, 0.5) is 4.79 Å². The third-order valence-corrected chi connectivity index (χ3v) is 2.46. The summed E-state index contributed by atoms with van der Waals surface area (Å²) in [5.74, 6) is 0. The van der Waals surface area contributed by atoms with Crippen LogP contribution < -0.4 is 0 Å². The Morgan fingerprint density at radius 1 is 0.889 bits per heavy atom. The maximum absolute atomic E-state index is 9.15. The van der Waals surface area contributed by atoms with Gasteiger partial charge in [0.05, 0.1) is 7.11 Å². The van der Waals surface area contributed by atoms with E-state index in [-0.39, 0.29) is 0 Å². The number of hydrogen-bond acceptors (Lipinski definition) is 3. The van der Waals surface area contributed by atoms with Gasteiger partial charge in [0.2, 0.25) is 0 Å². The molecule has 1 N–H and O–H groups in total. The summed E-state index contributed by atoms with van der Waals surface area (Å²) >= 11 is 0. The van der Waals surface area contributed by atoms with E-state index in [0.29, 0.717) is 0 Å². The Balaban J connectivity index is 0. The minimum atomic E-state index is -1.25. The molecular weight excluding hydrogens is 232 g/mol. The summed E-state index contributed by atoms with van der Waals surface area (Å²) in [7, 11) is 1.10. The van der Waals surface area contributed by atoms with Gasteiger partial charge in [0.25, 0.3) is 0 Å². The number of rotatable bonds is 10. The second kappa shape index (κ2) is 18.6. The standard InChI is InChI=1S/C12H26O.C2H4O3/c1-3-5-7-9-11-13-12-10-8-6-4-2;1-5-2(3)4/h3-12H2,1-2H3;1H3,(H,3,4). The highest BCUT2D eigenvalue weighted by Crippen LogP contribution is 2.01. The fraction of sp³-hybridized carbons (Fsp3) is 0.929. The smallest absolute Gasteiger partial charge is 0.450 e. The maximum Gasteiger partial charge on any atom is 0.505 e. The molecule has 0 aromatic carbocycles. The second-order valence-electron chi connectivity index (χ2n) is 4.20. The first-order valence-corrected chi connectivity index (χ1v) is 7.03. The van der Waals surface area contributed by atoms with E-state index in [4.69, 9.17) is 14.6 Å². The number of carboxylic acid groups (broad SMARTS) is 1. The van der Waals surface area contributed by atoms with Gasteiger partial charge in [-0.15, -0.1) is 0 Å². The molecule has 0 unspecified atom stereocenters. The third kappa shape index (κ3) is 24.5. The number of hydrogen-bond donors (Lipinski definition) is 1. The zero-order valence-electron chi connectivity index (χ0n) is 12.2. The van der Waals surface area contributed by atoms with E-state index >= 15 is 0 Å². The zero-order chi connectivity index (χ0) is 14.1. The topological polar surface area (TPSA) is 55.8 Å². The second-order valence-corrected chi connectivity index (χ2v) is 4.20. The van der Waals surface area contributed by atoms with Crippen molar-refractivity contribution in [2.75, 3.05) is 20.3 Å². The molecule has 110 valence electrons. The first kappa shape index (κ1) is 19.6. The van der Waals surface area contributed by atoms with E-state index in [1.807, 2.05) is 0 Å². The number of ether oxygens (including phenoxy) is 2. The number of unbranched alkanes of at least 4 members (excludes halogenated alkanes) is 6. The fourth-order valence-electron chi connectivity index (χ4n) is 1.36. The Labute approximate surface area is 112 Å². The molecule has 0 radical (unpaired) electrons. The molecule has 0 saturated carbocycles. The SMILES string of the molecule is CCCCCCOCCCCCC.COC(=O)O. The fourth-order valence-corrected chi connectivity index (χ4v) is 1.36. The molecule has 0 spiro atoms. The summed E-state index contributed by atoms with van der Waals surface area (Å²) in [6.07, 6.45) is 9.29. The van der Waals surface area contributed by atoms with E-state index in [1.54, 1.807) is 0 Å². The van der Waals surface area contributed by atoms with Gasteiger partial charge in [0.1, 0.15) is 0 Å². The van der Waals surface area contributed by atoms with Crippen molar-refractivity contribution in [2.24, 2.45) is 0 Å². The third-order valence-electron chi connectivity index (χ3n) is 2.46. The lowest BCUT2D eigenvalue weighted by molar-refractivity contribution is 0.114. The molecule has 0 aliphatic heterocycles. The molecule has 0 aromatic rings. The normalized spacial score (nSPS) is 9.50. The number of methoxy groups -OCH3 is 1. The average molecular weight is 262 g/mol. The highest BCUT2D eigenvalue weighted by Gasteiger charge is 1.90. The Morgan fingerprint density at radius 3 is 1.56 bits per heavy atom. The quantitative estimate of drug-likeness (QED) is 0.466. The molecule has 0 heterocycles.